The Morgan fingerprint density at radius 1 is 1.37 bits per heavy atom. The second-order valence-corrected chi connectivity index (χ2v) is 5.41. The van der Waals surface area contributed by atoms with Gasteiger partial charge >= 0.3 is 0 Å². The monoisotopic (exact) mass is 291 g/mol. The van der Waals surface area contributed by atoms with E-state index in [9.17, 15) is 4.79 Å². The summed E-state index contributed by atoms with van der Waals surface area (Å²) in [6.07, 6.45) is 1.42. The first-order valence-corrected chi connectivity index (χ1v) is 6.88. The van der Waals surface area contributed by atoms with Gasteiger partial charge in [0, 0.05) is 4.70 Å². The molecule has 6 heteroatoms. The molecular weight excluding hydrogens is 282 g/mol. The molecule has 0 spiro atoms. The van der Waals surface area contributed by atoms with Crippen LogP contribution in [0.2, 0.25) is 5.15 Å². The standard InChI is InChI=1S/C13H10ClN3OS/c14-12-11(15)13(18)17(7-16-12)5-8-6-19-10-4-2-1-3-9(8)10/h1-4,6-7H,5,15H2. The lowest BCUT2D eigenvalue weighted by molar-refractivity contribution is 0.745. The normalized spacial score (nSPS) is 11.0. The van der Waals surface area contributed by atoms with Crippen molar-refractivity contribution < 1.29 is 0 Å². The molecule has 2 heterocycles. The summed E-state index contributed by atoms with van der Waals surface area (Å²) >= 11 is 7.37. The number of nitrogen functional groups attached to an aromatic ring is 1. The first kappa shape index (κ1) is 12.2. The molecule has 2 N–H and O–H groups in total. The molecule has 0 saturated heterocycles. The Bertz CT molecular complexity index is 809. The third-order valence-electron chi connectivity index (χ3n) is 2.93. The van der Waals surface area contributed by atoms with Crippen molar-refractivity contribution in [3.05, 3.63) is 57.0 Å². The molecule has 0 unspecified atom stereocenters. The van der Waals surface area contributed by atoms with E-state index in [-0.39, 0.29) is 16.4 Å². The van der Waals surface area contributed by atoms with E-state index in [1.165, 1.54) is 15.6 Å². The van der Waals surface area contributed by atoms with Crippen LogP contribution in [0, 0.1) is 0 Å². The lowest BCUT2D eigenvalue weighted by Crippen LogP contribution is -2.24. The Kier molecular flexibility index (Phi) is 3.00. The predicted molar refractivity (Wildman–Crippen MR) is 78.8 cm³/mol. The number of rotatable bonds is 2. The summed E-state index contributed by atoms with van der Waals surface area (Å²) in [6, 6.07) is 8.08. The fourth-order valence-electron chi connectivity index (χ4n) is 1.94. The smallest absolute Gasteiger partial charge is 0.278 e. The minimum Gasteiger partial charge on any atom is -0.392 e. The van der Waals surface area contributed by atoms with Crippen LogP contribution in [0.1, 0.15) is 5.56 Å². The van der Waals surface area contributed by atoms with Gasteiger partial charge in [-0.1, -0.05) is 29.8 Å². The minimum absolute atomic E-state index is 0.0105. The zero-order chi connectivity index (χ0) is 13.4. The Morgan fingerprint density at radius 2 is 2.16 bits per heavy atom. The van der Waals surface area contributed by atoms with Gasteiger partial charge in [0.1, 0.15) is 5.69 Å². The van der Waals surface area contributed by atoms with Crippen LogP contribution in [0.3, 0.4) is 0 Å². The molecule has 0 bridgehead atoms. The van der Waals surface area contributed by atoms with Crippen LogP contribution in [0.4, 0.5) is 5.69 Å². The second kappa shape index (κ2) is 4.68. The highest BCUT2D eigenvalue weighted by atomic mass is 35.5. The maximum absolute atomic E-state index is 12.0. The summed E-state index contributed by atoms with van der Waals surface area (Å²) in [7, 11) is 0. The van der Waals surface area contributed by atoms with Crippen molar-refractivity contribution in [3.8, 4) is 0 Å². The molecule has 0 saturated carbocycles. The second-order valence-electron chi connectivity index (χ2n) is 4.14. The van der Waals surface area contributed by atoms with Crippen LogP contribution in [-0.2, 0) is 6.54 Å². The predicted octanol–water partition coefficient (Wildman–Crippen LogP) is 2.74. The fourth-order valence-corrected chi connectivity index (χ4v) is 3.02. The quantitative estimate of drug-likeness (QED) is 0.739. The van der Waals surface area contributed by atoms with Gasteiger partial charge < -0.3 is 5.73 Å². The van der Waals surface area contributed by atoms with E-state index >= 15 is 0 Å². The van der Waals surface area contributed by atoms with Gasteiger partial charge in [0.2, 0.25) is 0 Å². The van der Waals surface area contributed by atoms with Gasteiger partial charge in [0.15, 0.2) is 5.15 Å². The van der Waals surface area contributed by atoms with Crippen molar-refractivity contribution in [1.82, 2.24) is 9.55 Å². The van der Waals surface area contributed by atoms with E-state index in [1.807, 2.05) is 23.6 Å². The highest BCUT2D eigenvalue weighted by Crippen LogP contribution is 2.26. The summed E-state index contributed by atoms with van der Waals surface area (Å²) < 4.78 is 2.66. The molecule has 2 aromatic heterocycles. The van der Waals surface area contributed by atoms with Gasteiger partial charge in [0.25, 0.3) is 5.56 Å². The van der Waals surface area contributed by atoms with Crippen molar-refractivity contribution in [2.45, 2.75) is 6.54 Å². The summed E-state index contributed by atoms with van der Waals surface area (Å²) in [5, 5.41) is 3.24. The number of aromatic nitrogens is 2. The molecule has 19 heavy (non-hydrogen) atoms. The van der Waals surface area contributed by atoms with Crippen molar-refractivity contribution in [2.24, 2.45) is 0 Å². The highest BCUT2D eigenvalue weighted by Gasteiger charge is 2.09. The van der Waals surface area contributed by atoms with E-state index in [0.717, 1.165) is 10.9 Å². The van der Waals surface area contributed by atoms with Crippen LogP contribution >= 0.6 is 22.9 Å². The van der Waals surface area contributed by atoms with Gasteiger partial charge in [-0.3, -0.25) is 9.36 Å². The Balaban J connectivity index is 2.07. The van der Waals surface area contributed by atoms with E-state index in [4.69, 9.17) is 17.3 Å². The van der Waals surface area contributed by atoms with E-state index in [0.29, 0.717) is 6.54 Å². The number of hydrogen-bond acceptors (Lipinski definition) is 4. The molecule has 0 aliphatic heterocycles. The molecule has 0 radical (unpaired) electrons. The first-order valence-electron chi connectivity index (χ1n) is 5.62. The van der Waals surface area contributed by atoms with Gasteiger partial charge in [-0.2, -0.15) is 0 Å². The number of anilines is 1. The third kappa shape index (κ3) is 2.11. The summed E-state index contributed by atoms with van der Waals surface area (Å²) in [5.74, 6) is 0. The Labute approximate surface area is 118 Å². The maximum Gasteiger partial charge on any atom is 0.278 e. The molecule has 3 aromatic rings. The largest absolute Gasteiger partial charge is 0.392 e. The van der Waals surface area contributed by atoms with Crippen LogP contribution in [0.25, 0.3) is 10.1 Å². The number of hydrogen-bond donors (Lipinski definition) is 1. The average molecular weight is 292 g/mol. The number of nitrogens with two attached hydrogens (primary N) is 1. The lowest BCUT2D eigenvalue weighted by atomic mass is 10.2. The molecular formula is C13H10ClN3OS. The van der Waals surface area contributed by atoms with E-state index in [2.05, 4.69) is 11.1 Å². The topological polar surface area (TPSA) is 60.9 Å². The fraction of sp³-hybridized carbons (Fsp3) is 0.0769. The molecule has 4 nitrogen and oxygen atoms in total. The van der Waals surface area contributed by atoms with Gasteiger partial charge in [-0.25, -0.2) is 4.98 Å². The van der Waals surface area contributed by atoms with E-state index in [1.54, 1.807) is 11.3 Å². The van der Waals surface area contributed by atoms with Crippen molar-refractivity contribution in [3.63, 3.8) is 0 Å². The zero-order valence-electron chi connectivity index (χ0n) is 9.84. The number of benzene rings is 1. The Hall–Kier alpha value is -1.85. The van der Waals surface area contributed by atoms with Crippen molar-refractivity contribution >= 4 is 38.7 Å². The maximum atomic E-state index is 12.0. The van der Waals surface area contributed by atoms with Crippen LogP contribution in [-0.4, -0.2) is 9.55 Å². The van der Waals surface area contributed by atoms with Crippen LogP contribution in [0.5, 0.6) is 0 Å². The van der Waals surface area contributed by atoms with Crippen LogP contribution in [0.15, 0.2) is 40.8 Å². The SMILES string of the molecule is Nc1c(Cl)ncn(Cc2csc3ccccc23)c1=O. The van der Waals surface area contributed by atoms with E-state index < -0.39 is 0 Å². The molecule has 1 aromatic carbocycles. The molecule has 0 atom stereocenters. The molecule has 0 fully saturated rings. The number of nitrogens with zero attached hydrogens (tertiary/aromatic N) is 2. The van der Waals surface area contributed by atoms with Crippen LogP contribution < -0.4 is 11.3 Å². The molecule has 0 aliphatic carbocycles. The number of fused-ring (bicyclic) bond motifs is 1. The average Bonchev–Trinajstić information content (AvgIpc) is 2.83. The zero-order valence-corrected chi connectivity index (χ0v) is 11.4. The Morgan fingerprint density at radius 3 is 3.00 bits per heavy atom. The van der Waals surface area contributed by atoms with Gasteiger partial charge in [-0.15, -0.1) is 11.3 Å². The third-order valence-corrected chi connectivity index (χ3v) is 4.24. The first-order chi connectivity index (χ1) is 9.16. The molecule has 96 valence electrons. The summed E-state index contributed by atoms with van der Waals surface area (Å²) in [4.78, 5) is 15.9. The molecule has 0 amide bonds. The van der Waals surface area contributed by atoms with Gasteiger partial charge in [0.05, 0.1) is 12.9 Å². The summed E-state index contributed by atoms with van der Waals surface area (Å²) in [5.41, 5.74) is 6.35. The summed E-state index contributed by atoms with van der Waals surface area (Å²) in [6.45, 7) is 0.442. The van der Waals surface area contributed by atoms with Gasteiger partial charge in [-0.05, 0) is 22.4 Å². The van der Waals surface area contributed by atoms with Crippen molar-refractivity contribution in [2.75, 3.05) is 5.73 Å². The molecule has 0 aliphatic rings. The van der Waals surface area contributed by atoms with Crippen molar-refractivity contribution in [1.29, 1.82) is 0 Å². The highest BCUT2D eigenvalue weighted by molar-refractivity contribution is 7.17. The number of thiophene rings is 1. The number of halogens is 1. The minimum atomic E-state index is -0.310. The molecule has 3 rings (SSSR count). The lowest BCUT2D eigenvalue weighted by Gasteiger charge is -2.06.